The number of hydrogen-bond acceptors (Lipinski definition) is 3. The molecule has 5 heteroatoms. The maximum Gasteiger partial charge on any atom is 0.144 e. The van der Waals surface area contributed by atoms with Crippen molar-refractivity contribution in [2.24, 2.45) is 0 Å². The molecule has 10 rings (SSSR count). The van der Waals surface area contributed by atoms with Crippen LogP contribution in [0, 0.1) is 0 Å². The number of hydrogen-bond donors (Lipinski definition) is 0. The predicted molar refractivity (Wildman–Crippen MR) is 189 cm³/mol. The zero-order valence-electron chi connectivity index (χ0n) is 24.7. The van der Waals surface area contributed by atoms with Crippen molar-refractivity contribution in [3.8, 4) is 22.5 Å². The second-order valence-corrected chi connectivity index (χ2v) is 11.8. The second-order valence-electron chi connectivity index (χ2n) is 11.8. The molecule has 0 saturated carbocycles. The Morgan fingerprint density at radius 1 is 0.413 bits per heavy atom. The van der Waals surface area contributed by atoms with Gasteiger partial charge in [0.1, 0.15) is 5.65 Å². The largest absolute Gasteiger partial charge is 0.309 e. The summed E-state index contributed by atoms with van der Waals surface area (Å²) in [6.45, 7) is 0. The summed E-state index contributed by atoms with van der Waals surface area (Å²) < 4.78 is 4.54. The molecule has 0 saturated heterocycles. The van der Waals surface area contributed by atoms with Crippen molar-refractivity contribution in [3.05, 3.63) is 152 Å². The van der Waals surface area contributed by atoms with Crippen molar-refractivity contribution in [2.45, 2.75) is 0 Å². The van der Waals surface area contributed by atoms with Gasteiger partial charge in [0.2, 0.25) is 0 Å². The SMILES string of the molecule is c1cc(-c2cccc(-n3c4ccccc4c4cc5c6ccccc6c6nccnc6c5cc43)c2)cc(-n2ccc3cccnc32)c1. The Kier molecular flexibility index (Phi) is 5.22. The zero-order valence-corrected chi connectivity index (χ0v) is 24.7. The van der Waals surface area contributed by atoms with Gasteiger partial charge in [-0.25, -0.2) is 4.98 Å². The molecule has 5 nitrogen and oxygen atoms in total. The van der Waals surface area contributed by atoms with Crippen molar-refractivity contribution >= 4 is 65.4 Å². The monoisotopic (exact) mass is 587 g/mol. The third kappa shape index (κ3) is 3.60. The van der Waals surface area contributed by atoms with Gasteiger partial charge >= 0.3 is 0 Å². The van der Waals surface area contributed by atoms with E-state index in [1.165, 1.54) is 27.1 Å². The summed E-state index contributed by atoms with van der Waals surface area (Å²) >= 11 is 0. The summed E-state index contributed by atoms with van der Waals surface area (Å²) in [5, 5.41) is 8.18. The van der Waals surface area contributed by atoms with Crippen LogP contribution >= 0.6 is 0 Å². The quantitative estimate of drug-likeness (QED) is 0.193. The molecule has 6 aromatic carbocycles. The summed E-state index contributed by atoms with van der Waals surface area (Å²) in [5.41, 5.74) is 9.62. The van der Waals surface area contributed by atoms with E-state index in [2.05, 4.69) is 142 Å². The van der Waals surface area contributed by atoms with Crippen LogP contribution in [0.5, 0.6) is 0 Å². The summed E-state index contributed by atoms with van der Waals surface area (Å²) in [6, 6.07) is 45.6. The van der Waals surface area contributed by atoms with Crippen molar-refractivity contribution < 1.29 is 0 Å². The molecule has 0 amide bonds. The van der Waals surface area contributed by atoms with E-state index in [-0.39, 0.29) is 0 Å². The second kappa shape index (κ2) is 9.58. The van der Waals surface area contributed by atoms with Gasteiger partial charge in [0.25, 0.3) is 0 Å². The van der Waals surface area contributed by atoms with Crippen LogP contribution in [0.4, 0.5) is 0 Å². The van der Waals surface area contributed by atoms with E-state index in [1.54, 1.807) is 12.4 Å². The molecule has 0 N–H and O–H groups in total. The molecule has 10 aromatic rings. The van der Waals surface area contributed by atoms with Crippen LogP contribution in [0.15, 0.2) is 152 Å². The molecule has 0 aliphatic carbocycles. The lowest BCUT2D eigenvalue weighted by atomic mass is 9.97. The summed E-state index contributed by atoms with van der Waals surface area (Å²) in [7, 11) is 0. The molecule has 0 spiro atoms. The molecule has 46 heavy (non-hydrogen) atoms. The van der Waals surface area contributed by atoms with Crippen molar-refractivity contribution in [1.29, 1.82) is 0 Å². The third-order valence-electron chi connectivity index (χ3n) is 9.25. The average molecular weight is 588 g/mol. The van der Waals surface area contributed by atoms with Crippen LogP contribution in [0.1, 0.15) is 0 Å². The molecule has 0 bridgehead atoms. The number of pyridine rings is 1. The highest BCUT2D eigenvalue weighted by Crippen LogP contribution is 2.40. The molecule has 0 aliphatic heterocycles. The molecule has 0 fully saturated rings. The van der Waals surface area contributed by atoms with Crippen LogP contribution in [0.25, 0.3) is 87.9 Å². The van der Waals surface area contributed by atoms with Gasteiger partial charge in [-0.1, -0.05) is 66.7 Å². The minimum atomic E-state index is 0.924. The van der Waals surface area contributed by atoms with E-state index in [0.29, 0.717) is 0 Å². The maximum absolute atomic E-state index is 4.85. The van der Waals surface area contributed by atoms with Gasteiger partial charge < -0.3 is 9.13 Å². The number of aromatic nitrogens is 5. The van der Waals surface area contributed by atoms with Crippen LogP contribution in [0.2, 0.25) is 0 Å². The lowest BCUT2D eigenvalue weighted by molar-refractivity contribution is 1.09. The molecule has 0 atom stereocenters. The minimum absolute atomic E-state index is 0.924. The van der Waals surface area contributed by atoms with E-state index in [1.807, 2.05) is 12.3 Å². The van der Waals surface area contributed by atoms with Gasteiger partial charge in [0.15, 0.2) is 0 Å². The van der Waals surface area contributed by atoms with Gasteiger partial charge in [0.05, 0.1) is 22.1 Å². The van der Waals surface area contributed by atoms with E-state index < -0.39 is 0 Å². The lowest BCUT2D eigenvalue weighted by Crippen LogP contribution is -1.96. The van der Waals surface area contributed by atoms with E-state index in [4.69, 9.17) is 9.97 Å². The van der Waals surface area contributed by atoms with Crippen molar-refractivity contribution in [2.75, 3.05) is 0 Å². The Bertz CT molecular complexity index is 2820. The van der Waals surface area contributed by atoms with Crippen LogP contribution in [-0.2, 0) is 0 Å². The minimum Gasteiger partial charge on any atom is -0.309 e. The first kappa shape index (κ1) is 25.0. The van der Waals surface area contributed by atoms with Gasteiger partial charge in [-0.15, -0.1) is 0 Å². The first-order chi connectivity index (χ1) is 22.8. The molecule has 0 unspecified atom stereocenters. The van der Waals surface area contributed by atoms with E-state index in [9.17, 15) is 0 Å². The van der Waals surface area contributed by atoms with Gasteiger partial charge in [0, 0.05) is 63.1 Å². The third-order valence-corrected chi connectivity index (χ3v) is 9.25. The van der Waals surface area contributed by atoms with Gasteiger partial charge in [-0.3, -0.25) is 9.97 Å². The first-order valence-corrected chi connectivity index (χ1v) is 15.4. The van der Waals surface area contributed by atoms with Gasteiger partial charge in [-0.2, -0.15) is 0 Å². The molecule has 4 heterocycles. The number of nitrogens with zero attached hydrogens (tertiary/aromatic N) is 5. The highest BCUT2D eigenvalue weighted by atomic mass is 15.0. The lowest BCUT2D eigenvalue weighted by Gasteiger charge is -2.13. The fourth-order valence-corrected chi connectivity index (χ4v) is 7.20. The Hall–Kier alpha value is -6.33. The fourth-order valence-electron chi connectivity index (χ4n) is 7.20. The molecular formula is C41H25N5. The Morgan fingerprint density at radius 2 is 1.13 bits per heavy atom. The number of para-hydroxylation sites is 1. The van der Waals surface area contributed by atoms with Crippen LogP contribution < -0.4 is 0 Å². The Labute approximate surface area is 263 Å². The number of benzene rings is 6. The number of fused-ring (bicyclic) bond motifs is 10. The van der Waals surface area contributed by atoms with Gasteiger partial charge in [-0.05, 0) is 82.6 Å². The first-order valence-electron chi connectivity index (χ1n) is 15.4. The molecule has 4 aromatic heterocycles. The average Bonchev–Trinajstić information content (AvgIpc) is 3.70. The van der Waals surface area contributed by atoms with Crippen LogP contribution in [0.3, 0.4) is 0 Å². The topological polar surface area (TPSA) is 48.5 Å². The Balaban J connectivity index is 1.21. The highest BCUT2D eigenvalue weighted by molar-refractivity contribution is 6.27. The smallest absolute Gasteiger partial charge is 0.144 e. The molecular weight excluding hydrogens is 562 g/mol. The normalized spacial score (nSPS) is 11.9. The van der Waals surface area contributed by atoms with E-state index in [0.717, 1.165) is 60.9 Å². The molecule has 214 valence electrons. The summed E-state index contributed by atoms with van der Waals surface area (Å²) in [5.74, 6) is 0. The number of rotatable bonds is 3. The maximum atomic E-state index is 4.85. The van der Waals surface area contributed by atoms with Crippen LogP contribution in [-0.4, -0.2) is 24.1 Å². The fraction of sp³-hybridized carbons (Fsp3) is 0. The zero-order chi connectivity index (χ0) is 30.2. The highest BCUT2D eigenvalue weighted by Gasteiger charge is 2.17. The standard InChI is InChI=1S/C41H25N5/c1-2-15-33-31(13-1)34-24-35-32-14-3-4-16-37(32)46(38(35)25-36(34)40-39(33)42-19-20-43-40)30-12-6-9-28(23-30)27-8-5-11-29(22-27)45-21-17-26-10-7-18-44-41(26)45/h1-25H. The molecule has 0 aliphatic rings. The molecule has 0 radical (unpaired) electrons. The summed E-state index contributed by atoms with van der Waals surface area (Å²) in [4.78, 5) is 14.3. The summed E-state index contributed by atoms with van der Waals surface area (Å²) in [6.07, 6.45) is 7.51. The van der Waals surface area contributed by atoms with Crippen molar-refractivity contribution in [1.82, 2.24) is 24.1 Å². The predicted octanol–water partition coefficient (Wildman–Crippen LogP) is 10.0. The van der Waals surface area contributed by atoms with Crippen molar-refractivity contribution in [3.63, 3.8) is 0 Å². The Morgan fingerprint density at radius 3 is 1.98 bits per heavy atom. The van der Waals surface area contributed by atoms with E-state index >= 15 is 0 Å².